The highest BCUT2D eigenvalue weighted by molar-refractivity contribution is 5.59. The Morgan fingerprint density at radius 1 is 1.29 bits per heavy atom. The lowest BCUT2D eigenvalue weighted by molar-refractivity contribution is 0.204. The molecule has 0 atom stereocenters. The second-order valence-electron chi connectivity index (χ2n) is 5.64. The van der Waals surface area contributed by atoms with Gasteiger partial charge in [-0.15, -0.1) is 0 Å². The molecule has 0 aromatic carbocycles. The number of anilines is 2. The molecule has 0 spiro atoms. The third kappa shape index (κ3) is 5.50. The van der Waals surface area contributed by atoms with E-state index in [0.29, 0.717) is 12.5 Å². The van der Waals surface area contributed by atoms with E-state index in [9.17, 15) is 0 Å². The molecular weight excluding hydrogens is 264 g/mol. The first-order chi connectivity index (χ1) is 10.1. The molecule has 0 saturated carbocycles. The molecular formula is C16H30N4O. The van der Waals surface area contributed by atoms with E-state index in [4.69, 9.17) is 4.74 Å². The number of hydrogen-bond donors (Lipinski definition) is 1. The van der Waals surface area contributed by atoms with Crippen LogP contribution in [0.5, 0.6) is 0 Å². The van der Waals surface area contributed by atoms with Gasteiger partial charge in [-0.3, -0.25) is 0 Å². The van der Waals surface area contributed by atoms with Crippen LogP contribution in [0, 0.1) is 5.92 Å². The maximum atomic E-state index is 5.25. The van der Waals surface area contributed by atoms with Crippen molar-refractivity contribution in [2.45, 2.75) is 40.5 Å². The summed E-state index contributed by atoms with van der Waals surface area (Å²) >= 11 is 0. The molecule has 21 heavy (non-hydrogen) atoms. The summed E-state index contributed by atoms with van der Waals surface area (Å²) in [5.74, 6) is 2.60. The molecule has 0 aliphatic rings. The minimum absolute atomic E-state index is 0.578. The van der Waals surface area contributed by atoms with Gasteiger partial charge in [0.2, 0.25) is 0 Å². The molecule has 0 aliphatic carbocycles. The van der Waals surface area contributed by atoms with Crippen LogP contribution in [0.4, 0.5) is 11.6 Å². The lowest BCUT2D eigenvalue weighted by atomic mass is 10.1. The van der Waals surface area contributed by atoms with Gasteiger partial charge in [0.05, 0.1) is 6.61 Å². The zero-order valence-corrected chi connectivity index (χ0v) is 14.1. The molecule has 1 rings (SSSR count). The van der Waals surface area contributed by atoms with E-state index in [1.54, 1.807) is 13.4 Å². The van der Waals surface area contributed by atoms with Crippen molar-refractivity contribution >= 4 is 11.6 Å². The van der Waals surface area contributed by atoms with Gasteiger partial charge in [0.15, 0.2) is 0 Å². The van der Waals surface area contributed by atoms with E-state index in [-0.39, 0.29) is 0 Å². The van der Waals surface area contributed by atoms with E-state index in [1.165, 1.54) is 5.56 Å². The molecule has 0 fully saturated rings. The zero-order valence-electron chi connectivity index (χ0n) is 14.1. The van der Waals surface area contributed by atoms with Crippen LogP contribution < -0.4 is 10.2 Å². The summed E-state index contributed by atoms with van der Waals surface area (Å²) in [6.45, 7) is 12.1. The van der Waals surface area contributed by atoms with Crippen LogP contribution in [-0.4, -0.2) is 43.3 Å². The highest BCUT2D eigenvalue weighted by Crippen LogP contribution is 2.25. The minimum atomic E-state index is 0.578. The maximum Gasteiger partial charge on any atom is 0.137 e. The smallest absolute Gasteiger partial charge is 0.137 e. The minimum Gasteiger partial charge on any atom is -0.383 e. The van der Waals surface area contributed by atoms with E-state index < -0.39 is 0 Å². The second kappa shape index (κ2) is 9.55. The van der Waals surface area contributed by atoms with Crippen molar-refractivity contribution in [2.75, 3.05) is 43.6 Å². The average molecular weight is 294 g/mol. The number of hydrogen-bond acceptors (Lipinski definition) is 5. The first-order valence-corrected chi connectivity index (χ1v) is 7.95. The number of aromatic nitrogens is 2. The second-order valence-corrected chi connectivity index (χ2v) is 5.64. The Kier molecular flexibility index (Phi) is 8.05. The highest BCUT2D eigenvalue weighted by Gasteiger charge is 2.17. The van der Waals surface area contributed by atoms with Gasteiger partial charge in [0.25, 0.3) is 0 Å². The molecule has 1 aromatic heterocycles. The molecule has 5 heteroatoms. The van der Waals surface area contributed by atoms with Crippen LogP contribution in [0.2, 0.25) is 0 Å². The predicted molar refractivity (Wildman–Crippen MR) is 89.1 cm³/mol. The molecule has 120 valence electrons. The molecule has 1 N–H and O–H groups in total. The van der Waals surface area contributed by atoms with Crippen LogP contribution >= 0.6 is 0 Å². The number of methoxy groups -OCH3 is 1. The molecule has 0 unspecified atom stereocenters. The first kappa shape index (κ1) is 17.7. The third-order valence-corrected chi connectivity index (χ3v) is 3.22. The van der Waals surface area contributed by atoms with Crippen molar-refractivity contribution < 1.29 is 4.74 Å². The third-order valence-electron chi connectivity index (χ3n) is 3.22. The van der Waals surface area contributed by atoms with Gasteiger partial charge in [-0.2, -0.15) is 0 Å². The number of ether oxygens (including phenoxy) is 1. The monoisotopic (exact) mass is 294 g/mol. The van der Waals surface area contributed by atoms with Crippen molar-refractivity contribution in [1.82, 2.24) is 9.97 Å². The van der Waals surface area contributed by atoms with Crippen LogP contribution in [0.25, 0.3) is 0 Å². The van der Waals surface area contributed by atoms with Crippen molar-refractivity contribution in [2.24, 2.45) is 5.92 Å². The molecule has 1 aromatic rings. The summed E-state index contributed by atoms with van der Waals surface area (Å²) in [4.78, 5) is 11.3. The summed E-state index contributed by atoms with van der Waals surface area (Å²) in [7, 11) is 1.74. The van der Waals surface area contributed by atoms with Gasteiger partial charge in [-0.25, -0.2) is 9.97 Å². The molecule has 0 amide bonds. The van der Waals surface area contributed by atoms with E-state index >= 15 is 0 Å². The molecule has 0 saturated heterocycles. The molecule has 1 heterocycles. The predicted octanol–water partition coefficient (Wildman–Crippen LogP) is 2.97. The number of nitrogens with zero attached hydrogens (tertiary/aromatic N) is 3. The Balaban J connectivity index is 3.11. The SMILES string of the molecule is CCCc1c(NCC)ncnc1N(CCOC)CC(C)C. The van der Waals surface area contributed by atoms with Crippen LogP contribution in [0.15, 0.2) is 6.33 Å². The Bertz CT molecular complexity index is 409. The normalized spacial score (nSPS) is 11.0. The summed E-state index contributed by atoms with van der Waals surface area (Å²) in [5, 5.41) is 3.36. The summed E-state index contributed by atoms with van der Waals surface area (Å²) in [6, 6.07) is 0. The van der Waals surface area contributed by atoms with Crippen LogP contribution in [0.1, 0.15) is 39.7 Å². The molecule has 0 radical (unpaired) electrons. The van der Waals surface area contributed by atoms with E-state index in [1.807, 2.05) is 0 Å². The largest absolute Gasteiger partial charge is 0.383 e. The Morgan fingerprint density at radius 3 is 2.62 bits per heavy atom. The van der Waals surface area contributed by atoms with Gasteiger partial charge in [0.1, 0.15) is 18.0 Å². The Hall–Kier alpha value is -1.36. The zero-order chi connectivity index (χ0) is 15.7. The Morgan fingerprint density at radius 2 is 2.05 bits per heavy atom. The highest BCUT2D eigenvalue weighted by atomic mass is 16.5. The Labute approximate surface area is 129 Å². The standard InChI is InChI=1S/C16H30N4O/c1-6-8-14-15(17-7-2)18-12-19-16(14)20(9-10-21-5)11-13(3)4/h12-13H,6-11H2,1-5H3,(H,17,18,19). The van der Waals surface area contributed by atoms with Gasteiger partial charge in [-0.05, 0) is 19.3 Å². The number of nitrogens with one attached hydrogen (secondary N) is 1. The van der Waals surface area contributed by atoms with Gasteiger partial charge < -0.3 is 15.0 Å². The fourth-order valence-electron chi connectivity index (χ4n) is 2.40. The quantitative estimate of drug-likeness (QED) is 0.719. The topological polar surface area (TPSA) is 50.3 Å². The average Bonchev–Trinajstić information content (AvgIpc) is 2.45. The van der Waals surface area contributed by atoms with Crippen molar-refractivity contribution in [3.8, 4) is 0 Å². The fourth-order valence-corrected chi connectivity index (χ4v) is 2.40. The van der Waals surface area contributed by atoms with E-state index in [0.717, 1.165) is 44.1 Å². The van der Waals surface area contributed by atoms with Crippen molar-refractivity contribution in [3.63, 3.8) is 0 Å². The first-order valence-electron chi connectivity index (χ1n) is 7.95. The van der Waals surface area contributed by atoms with E-state index in [2.05, 4.69) is 47.9 Å². The molecule has 5 nitrogen and oxygen atoms in total. The van der Waals surface area contributed by atoms with Crippen LogP contribution in [-0.2, 0) is 11.2 Å². The van der Waals surface area contributed by atoms with Gasteiger partial charge in [0, 0.05) is 32.3 Å². The summed E-state index contributed by atoms with van der Waals surface area (Å²) in [5.41, 5.74) is 1.22. The molecule has 0 bridgehead atoms. The summed E-state index contributed by atoms with van der Waals surface area (Å²) in [6.07, 6.45) is 3.73. The molecule has 0 aliphatic heterocycles. The van der Waals surface area contributed by atoms with Crippen molar-refractivity contribution in [1.29, 1.82) is 0 Å². The summed E-state index contributed by atoms with van der Waals surface area (Å²) < 4.78 is 5.25. The lowest BCUT2D eigenvalue weighted by Gasteiger charge is -2.28. The lowest BCUT2D eigenvalue weighted by Crippen LogP contribution is -2.33. The van der Waals surface area contributed by atoms with Gasteiger partial charge >= 0.3 is 0 Å². The number of rotatable bonds is 10. The van der Waals surface area contributed by atoms with Crippen LogP contribution in [0.3, 0.4) is 0 Å². The fraction of sp³-hybridized carbons (Fsp3) is 0.750. The maximum absolute atomic E-state index is 5.25. The van der Waals surface area contributed by atoms with Gasteiger partial charge in [-0.1, -0.05) is 27.2 Å². The van der Waals surface area contributed by atoms with Crippen molar-refractivity contribution in [3.05, 3.63) is 11.9 Å².